The van der Waals surface area contributed by atoms with Gasteiger partial charge in [-0.2, -0.15) is 0 Å². The van der Waals surface area contributed by atoms with Gasteiger partial charge in [0.25, 0.3) is 0 Å². The summed E-state index contributed by atoms with van der Waals surface area (Å²) in [5.74, 6) is 0.914. The maximum absolute atomic E-state index is 5.73. The van der Waals surface area contributed by atoms with E-state index in [2.05, 4.69) is 25.2 Å². The molecule has 0 bridgehead atoms. The Balaban J connectivity index is 3.24. The largest absolute Gasteiger partial charge is 0.496 e. The first kappa shape index (κ1) is 12.0. The van der Waals surface area contributed by atoms with Gasteiger partial charge in [-0.05, 0) is 38.1 Å². The third-order valence-corrected chi connectivity index (χ3v) is 2.65. The van der Waals surface area contributed by atoms with E-state index in [-0.39, 0.29) is 6.04 Å². The van der Waals surface area contributed by atoms with E-state index in [1.54, 1.807) is 7.11 Å². The molecular weight excluding hydrogens is 188 g/mol. The van der Waals surface area contributed by atoms with Crippen molar-refractivity contribution in [1.29, 1.82) is 0 Å². The average molecular weight is 208 g/mol. The highest BCUT2D eigenvalue weighted by atomic mass is 16.5. The molecule has 1 rings (SSSR count). The number of nitrogens with one attached hydrogen (secondary N) is 1. The van der Waals surface area contributed by atoms with Crippen molar-refractivity contribution in [3.63, 3.8) is 0 Å². The van der Waals surface area contributed by atoms with Crippen LogP contribution >= 0.6 is 0 Å². The van der Waals surface area contributed by atoms with Crippen molar-refractivity contribution in [1.82, 2.24) is 5.32 Å². The van der Waals surface area contributed by atoms with Crippen LogP contribution in [0.5, 0.6) is 5.75 Å². The molecule has 84 valence electrons. The minimum Gasteiger partial charge on any atom is -0.496 e. The SMILES string of the molecule is CNC(CN)c1c(C)cc(C)cc1OC. The zero-order chi connectivity index (χ0) is 11.4. The molecule has 3 N–H and O–H groups in total. The average Bonchev–Trinajstić information content (AvgIpc) is 2.21. The Morgan fingerprint density at radius 1 is 1.40 bits per heavy atom. The second-order valence-electron chi connectivity index (χ2n) is 3.77. The Labute approximate surface area is 91.6 Å². The number of methoxy groups -OCH3 is 1. The molecule has 1 aromatic carbocycles. The lowest BCUT2D eigenvalue weighted by atomic mass is 9.98. The highest BCUT2D eigenvalue weighted by Gasteiger charge is 2.15. The lowest BCUT2D eigenvalue weighted by Crippen LogP contribution is -2.26. The Morgan fingerprint density at radius 3 is 2.53 bits per heavy atom. The van der Waals surface area contributed by atoms with Crippen molar-refractivity contribution in [3.05, 3.63) is 28.8 Å². The van der Waals surface area contributed by atoms with Crippen LogP contribution in [0.2, 0.25) is 0 Å². The molecule has 3 nitrogen and oxygen atoms in total. The van der Waals surface area contributed by atoms with Crippen LogP contribution in [0.1, 0.15) is 22.7 Å². The van der Waals surface area contributed by atoms with Crippen molar-refractivity contribution in [2.45, 2.75) is 19.9 Å². The van der Waals surface area contributed by atoms with Crippen LogP contribution in [0.25, 0.3) is 0 Å². The summed E-state index contributed by atoms with van der Waals surface area (Å²) in [6.07, 6.45) is 0. The fraction of sp³-hybridized carbons (Fsp3) is 0.500. The third kappa shape index (κ3) is 2.49. The lowest BCUT2D eigenvalue weighted by molar-refractivity contribution is 0.401. The predicted molar refractivity (Wildman–Crippen MR) is 63.3 cm³/mol. The highest BCUT2D eigenvalue weighted by molar-refractivity contribution is 5.45. The number of hydrogen-bond donors (Lipinski definition) is 2. The smallest absolute Gasteiger partial charge is 0.124 e. The van der Waals surface area contributed by atoms with Gasteiger partial charge in [-0.25, -0.2) is 0 Å². The zero-order valence-electron chi connectivity index (χ0n) is 9.92. The maximum atomic E-state index is 5.73. The molecule has 0 amide bonds. The summed E-state index contributed by atoms with van der Waals surface area (Å²) in [6.45, 7) is 4.72. The van der Waals surface area contributed by atoms with E-state index in [4.69, 9.17) is 10.5 Å². The molecule has 15 heavy (non-hydrogen) atoms. The molecule has 0 spiro atoms. The van der Waals surface area contributed by atoms with Crippen LogP contribution in [-0.4, -0.2) is 20.7 Å². The standard InChI is InChI=1S/C12H20N2O/c1-8-5-9(2)12(10(7-13)14-3)11(6-8)15-4/h5-6,10,14H,7,13H2,1-4H3. The summed E-state index contributed by atoms with van der Waals surface area (Å²) in [5, 5.41) is 3.20. The maximum Gasteiger partial charge on any atom is 0.124 e. The Morgan fingerprint density at radius 2 is 2.07 bits per heavy atom. The summed E-state index contributed by atoms with van der Waals surface area (Å²) in [4.78, 5) is 0. The van der Waals surface area contributed by atoms with Crippen LogP contribution in [0.15, 0.2) is 12.1 Å². The second-order valence-corrected chi connectivity index (χ2v) is 3.77. The minimum atomic E-state index is 0.153. The van der Waals surface area contributed by atoms with Crippen molar-refractivity contribution < 1.29 is 4.74 Å². The summed E-state index contributed by atoms with van der Waals surface area (Å²) < 4.78 is 5.40. The summed E-state index contributed by atoms with van der Waals surface area (Å²) in [5.41, 5.74) is 9.32. The molecule has 0 aromatic heterocycles. The molecule has 3 heteroatoms. The van der Waals surface area contributed by atoms with Crippen LogP contribution in [0.4, 0.5) is 0 Å². The molecule has 0 saturated heterocycles. The van der Waals surface area contributed by atoms with Gasteiger partial charge in [0.15, 0.2) is 0 Å². The molecule has 0 aliphatic heterocycles. The van der Waals surface area contributed by atoms with Crippen molar-refractivity contribution in [2.24, 2.45) is 5.73 Å². The number of rotatable bonds is 4. The van der Waals surface area contributed by atoms with Gasteiger partial charge in [0.05, 0.1) is 7.11 Å². The van der Waals surface area contributed by atoms with Crippen LogP contribution in [0.3, 0.4) is 0 Å². The van der Waals surface area contributed by atoms with Gasteiger partial charge in [-0.1, -0.05) is 6.07 Å². The van der Waals surface area contributed by atoms with E-state index in [1.807, 2.05) is 13.1 Å². The molecule has 0 radical (unpaired) electrons. The van der Waals surface area contributed by atoms with Crippen molar-refractivity contribution in [3.8, 4) is 5.75 Å². The summed E-state index contributed by atoms with van der Waals surface area (Å²) in [7, 11) is 3.61. The minimum absolute atomic E-state index is 0.153. The third-order valence-electron chi connectivity index (χ3n) is 2.65. The van der Waals surface area contributed by atoms with Gasteiger partial charge in [-0.15, -0.1) is 0 Å². The van der Waals surface area contributed by atoms with E-state index in [0.29, 0.717) is 6.54 Å². The van der Waals surface area contributed by atoms with Gasteiger partial charge >= 0.3 is 0 Å². The van der Waals surface area contributed by atoms with E-state index >= 15 is 0 Å². The van der Waals surface area contributed by atoms with Gasteiger partial charge in [0.2, 0.25) is 0 Å². The first-order chi connectivity index (χ1) is 7.13. The molecular formula is C12H20N2O. The number of aryl methyl sites for hydroxylation is 2. The summed E-state index contributed by atoms with van der Waals surface area (Å²) >= 11 is 0. The molecule has 0 heterocycles. The molecule has 0 aliphatic carbocycles. The van der Waals surface area contributed by atoms with E-state index in [0.717, 1.165) is 11.3 Å². The predicted octanol–water partition coefficient (Wildman–Crippen LogP) is 1.53. The van der Waals surface area contributed by atoms with E-state index in [9.17, 15) is 0 Å². The first-order valence-electron chi connectivity index (χ1n) is 5.16. The quantitative estimate of drug-likeness (QED) is 0.789. The monoisotopic (exact) mass is 208 g/mol. The van der Waals surface area contributed by atoms with Gasteiger partial charge in [0, 0.05) is 18.2 Å². The summed E-state index contributed by atoms with van der Waals surface area (Å²) in [6, 6.07) is 4.35. The number of likely N-dealkylation sites (N-methyl/N-ethyl adjacent to an activating group) is 1. The molecule has 0 aliphatic rings. The Bertz CT molecular complexity index is 333. The lowest BCUT2D eigenvalue weighted by Gasteiger charge is -2.20. The molecule has 0 fully saturated rings. The number of hydrogen-bond acceptors (Lipinski definition) is 3. The number of ether oxygens (including phenoxy) is 1. The van der Waals surface area contributed by atoms with Gasteiger partial charge in [-0.3, -0.25) is 0 Å². The van der Waals surface area contributed by atoms with Crippen LogP contribution in [0, 0.1) is 13.8 Å². The first-order valence-corrected chi connectivity index (χ1v) is 5.16. The number of benzene rings is 1. The normalized spacial score (nSPS) is 12.6. The molecule has 1 aromatic rings. The molecule has 0 saturated carbocycles. The van der Waals surface area contributed by atoms with Crippen LogP contribution in [-0.2, 0) is 0 Å². The zero-order valence-corrected chi connectivity index (χ0v) is 9.92. The number of nitrogens with two attached hydrogens (primary N) is 1. The van der Waals surface area contributed by atoms with Crippen molar-refractivity contribution >= 4 is 0 Å². The van der Waals surface area contributed by atoms with Gasteiger partial charge < -0.3 is 15.8 Å². The molecule has 1 unspecified atom stereocenters. The van der Waals surface area contributed by atoms with Crippen molar-refractivity contribution in [2.75, 3.05) is 20.7 Å². The second kappa shape index (κ2) is 5.14. The fourth-order valence-corrected chi connectivity index (χ4v) is 1.94. The fourth-order valence-electron chi connectivity index (χ4n) is 1.94. The van der Waals surface area contributed by atoms with E-state index in [1.165, 1.54) is 11.1 Å². The Kier molecular flexibility index (Phi) is 4.12. The highest BCUT2D eigenvalue weighted by Crippen LogP contribution is 2.29. The van der Waals surface area contributed by atoms with Crippen LogP contribution < -0.4 is 15.8 Å². The molecule has 1 atom stereocenters. The Hall–Kier alpha value is -1.06. The van der Waals surface area contributed by atoms with Gasteiger partial charge in [0.1, 0.15) is 5.75 Å². The topological polar surface area (TPSA) is 47.3 Å². The van der Waals surface area contributed by atoms with E-state index < -0.39 is 0 Å².